The number of carbonyl (C=O) groups excluding carboxylic acids is 1. The van der Waals surface area contributed by atoms with Crippen molar-refractivity contribution in [3.05, 3.63) is 64.7 Å². The molecule has 2 aromatic rings. The number of Topliss-reactive ketones (excluding diaryl/α,β-unsaturated/α-hetero) is 1. The molecule has 1 fully saturated rings. The highest BCUT2D eigenvalue weighted by Crippen LogP contribution is 2.49. The van der Waals surface area contributed by atoms with E-state index in [2.05, 4.69) is 0 Å². The van der Waals surface area contributed by atoms with Crippen LogP contribution in [0.5, 0.6) is 5.75 Å². The van der Waals surface area contributed by atoms with Crippen LogP contribution >= 0.6 is 11.6 Å². The molecule has 2 aromatic carbocycles. The van der Waals surface area contributed by atoms with E-state index in [0.717, 1.165) is 22.8 Å². The molecule has 1 saturated carbocycles. The minimum absolute atomic E-state index is 0.0864. The van der Waals surface area contributed by atoms with E-state index in [1.54, 1.807) is 13.2 Å². The van der Waals surface area contributed by atoms with Gasteiger partial charge in [0.2, 0.25) is 0 Å². The number of rotatable bonds is 4. The van der Waals surface area contributed by atoms with Gasteiger partial charge in [-0.15, -0.1) is 0 Å². The summed E-state index contributed by atoms with van der Waals surface area (Å²) < 4.78 is 5.16. The van der Waals surface area contributed by atoms with E-state index in [9.17, 15) is 4.79 Å². The summed E-state index contributed by atoms with van der Waals surface area (Å²) >= 11 is 5.88. The zero-order chi connectivity index (χ0) is 14.1. The van der Waals surface area contributed by atoms with Crippen molar-refractivity contribution in [2.45, 2.75) is 12.3 Å². The Labute approximate surface area is 123 Å². The van der Waals surface area contributed by atoms with Crippen LogP contribution in [0.15, 0.2) is 48.5 Å². The molecule has 0 aliphatic heterocycles. The second-order valence-corrected chi connectivity index (χ2v) is 5.53. The van der Waals surface area contributed by atoms with Crippen LogP contribution in [-0.2, 0) is 0 Å². The third-order valence-corrected chi connectivity index (χ3v) is 4.03. The molecule has 0 aromatic heterocycles. The fraction of sp³-hybridized carbons (Fsp3) is 0.235. The number of hydrogen-bond donors (Lipinski definition) is 0. The molecule has 0 unspecified atom stereocenters. The SMILES string of the molecule is COc1cccc(C(=O)[C@@H]2C[C@@H]2c2ccc(Cl)cc2)c1. The number of halogens is 1. The summed E-state index contributed by atoms with van der Waals surface area (Å²) in [5.41, 5.74) is 1.92. The Bertz CT molecular complexity index is 634. The molecule has 0 bridgehead atoms. The number of ether oxygens (including phenoxy) is 1. The van der Waals surface area contributed by atoms with Crippen LogP contribution in [0.3, 0.4) is 0 Å². The van der Waals surface area contributed by atoms with E-state index < -0.39 is 0 Å². The number of methoxy groups -OCH3 is 1. The molecular formula is C17H15ClO2. The molecule has 3 heteroatoms. The van der Waals surface area contributed by atoms with Gasteiger partial charge in [0, 0.05) is 16.5 Å². The highest BCUT2D eigenvalue weighted by molar-refractivity contribution is 6.30. The second kappa shape index (κ2) is 5.29. The van der Waals surface area contributed by atoms with Gasteiger partial charge in [0.05, 0.1) is 7.11 Å². The van der Waals surface area contributed by atoms with Gasteiger partial charge in [-0.2, -0.15) is 0 Å². The average molecular weight is 287 g/mol. The summed E-state index contributed by atoms with van der Waals surface area (Å²) in [5, 5.41) is 0.727. The average Bonchev–Trinajstić information content (AvgIpc) is 3.28. The molecule has 20 heavy (non-hydrogen) atoms. The zero-order valence-electron chi connectivity index (χ0n) is 11.2. The monoisotopic (exact) mass is 286 g/mol. The first-order valence-electron chi connectivity index (χ1n) is 6.63. The molecule has 0 amide bonds. The Hall–Kier alpha value is -1.80. The molecule has 2 nitrogen and oxygen atoms in total. The van der Waals surface area contributed by atoms with Crippen molar-refractivity contribution in [2.24, 2.45) is 5.92 Å². The molecule has 102 valence electrons. The topological polar surface area (TPSA) is 26.3 Å². The quantitative estimate of drug-likeness (QED) is 0.782. The lowest BCUT2D eigenvalue weighted by Gasteiger charge is -2.04. The molecule has 2 atom stereocenters. The fourth-order valence-electron chi connectivity index (χ4n) is 2.55. The van der Waals surface area contributed by atoms with Gasteiger partial charge >= 0.3 is 0 Å². The predicted molar refractivity (Wildman–Crippen MR) is 79.6 cm³/mol. The predicted octanol–water partition coefficient (Wildman–Crippen LogP) is 4.34. The van der Waals surface area contributed by atoms with Crippen molar-refractivity contribution in [1.82, 2.24) is 0 Å². The van der Waals surface area contributed by atoms with Gasteiger partial charge in [-0.1, -0.05) is 35.9 Å². The molecule has 0 N–H and O–H groups in total. The van der Waals surface area contributed by atoms with Crippen LogP contribution in [0.25, 0.3) is 0 Å². The first-order chi connectivity index (χ1) is 9.69. The van der Waals surface area contributed by atoms with Crippen molar-refractivity contribution < 1.29 is 9.53 Å². The second-order valence-electron chi connectivity index (χ2n) is 5.10. The van der Waals surface area contributed by atoms with Gasteiger partial charge in [-0.3, -0.25) is 4.79 Å². The maximum Gasteiger partial charge on any atom is 0.166 e. The lowest BCUT2D eigenvalue weighted by Crippen LogP contribution is -2.03. The van der Waals surface area contributed by atoms with Gasteiger partial charge in [0.1, 0.15) is 5.75 Å². The maximum atomic E-state index is 12.4. The summed E-state index contributed by atoms with van der Waals surface area (Å²) in [5.74, 6) is 1.33. The Morgan fingerprint density at radius 2 is 1.95 bits per heavy atom. The largest absolute Gasteiger partial charge is 0.497 e. The molecule has 0 saturated heterocycles. The van der Waals surface area contributed by atoms with Gasteiger partial charge in [0.25, 0.3) is 0 Å². The van der Waals surface area contributed by atoms with Crippen molar-refractivity contribution in [1.29, 1.82) is 0 Å². The van der Waals surface area contributed by atoms with Crippen molar-refractivity contribution in [3.63, 3.8) is 0 Å². The first-order valence-corrected chi connectivity index (χ1v) is 7.00. The number of benzene rings is 2. The van der Waals surface area contributed by atoms with Crippen LogP contribution in [0.2, 0.25) is 5.02 Å². The zero-order valence-corrected chi connectivity index (χ0v) is 11.9. The third kappa shape index (κ3) is 2.56. The van der Waals surface area contributed by atoms with Crippen LogP contribution in [0, 0.1) is 5.92 Å². The van der Waals surface area contributed by atoms with Crippen molar-refractivity contribution >= 4 is 17.4 Å². The van der Waals surface area contributed by atoms with Crippen LogP contribution in [0.1, 0.15) is 28.3 Å². The Morgan fingerprint density at radius 1 is 1.20 bits per heavy atom. The molecule has 1 aliphatic carbocycles. The van der Waals surface area contributed by atoms with Gasteiger partial charge in [0.15, 0.2) is 5.78 Å². The lowest BCUT2D eigenvalue weighted by molar-refractivity contribution is 0.0965. The summed E-state index contributed by atoms with van der Waals surface area (Å²) in [4.78, 5) is 12.4. The summed E-state index contributed by atoms with van der Waals surface area (Å²) in [6.45, 7) is 0. The number of ketones is 1. The van der Waals surface area contributed by atoms with Crippen LogP contribution in [0.4, 0.5) is 0 Å². The summed E-state index contributed by atoms with van der Waals surface area (Å²) in [6.07, 6.45) is 0.914. The lowest BCUT2D eigenvalue weighted by atomic mass is 10.0. The van der Waals surface area contributed by atoms with Gasteiger partial charge < -0.3 is 4.74 Å². The van der Waals surface area contributed by atoms with E-state index in [4.69, 9.17) is 16.3 Å². The number of hydrogen-bond acceptors (Lipinski definition) is 2. The van der Waals surface area contributed by atoms with Gasteiger partial charge in [-0.05, 0) is 42.2 Å². The summed E-state index contributed by atoms with van der Waals surface area (Å²) in [6, 6.07) is 15.1. The molecular weight excluding hydrogens is 272 g/mol. The van der Waals surface area contributed by atoms with E-state index in [1.165, 1.54) is 5.56 Å². The molecule has 0 spiro atoms. The normalized spacial score (nSPS) is 20.5. The van der Waals surface area contributed by atoms with E-state index in [-0.39, 0.29) is 11.7 Å². The van der Waals surface area contributed by atoms with E-state index in [1.807, 2.05) is 42.5 Å². The minimum atomic E-state index is 0.0864. The van der Waals surface area contributed by atoms with Crippen LogP contribution in [-0.4, -0.2) is 12.9 Å². The van der Waals surface area contributed by atoms with Crippen molar-refractivity contribution in [2.75, 3.05) is 7.11 Å². The fourth-order valence-corrected chi connectivity index (χ4v) is 2.68. The highest BCUT2D eigenvalue weighted by atomic mass is 35.5. The van der Waals surface area contributed by atoms with Crippen LogP contribution < -0.4 is 4.74 Å². The smallest absolute Gasteiger partial charge is 0.166 e. The molecule has 0 radical (unpaired) electrons. The Balaban J connectivity index is 1.75. The van der Waals surface area contributed by atoms with E-state index >= 15 is 0 Å². The number of carbonyl (C=O) groups is 1. The Morgan fingerprint density at radius 3 is 2.65 bits per heavy atom. The third-order valence-electron chi connectivity index (χ3n) is 3.78. The van der Waals surface area contributed by atoms with Crippen molar-refractivity contribution in [3.8, 4) is 5.75 Å². The minimum Gasteiger partial charge on any atom is -0.497 e. The first kappa shape index (κ1) is 13.2. The highest BCUT2D eigenvalue weighted by Gasteiger charge is 2.43. The standard InChI is InChI=1S/C17H15ClO2/c1-20-14-4-2-3-12(9-14)17(19)16-10-15(16)11-5-7-13(18)8-6-11/h2-9,15-16H,10H2,1H3/t15-,16-/m1/s1. The molecule has 1 aliphatic rings. The summed E-state index contributed by atoms with van der Waals surface area (Å²) in [7, 11) is 1.61. The molecule has 3 rings (SSSR count). The Kier molecular flexibility index (Phi) is 3.49. The van der Waals surface area contributed by atoms with Gasteiger partial charge in [-0.25, -0.2) is 0 Å². The molecule has 0 heterocycles. The maximum absolute atomic E-state index is 12.4. The van der Waals surface area contributed by atoms with E-state index in [0.29, 0.717) is 5.92 Å².